The Morgan fingerprint density at radius 3 is 2.43 bits per heavy atom. The highest BCUT2D eigenvalue weighted by Gasteiger charge is 2.09. The molecule has 14 heavy (non-hydrogen) atoms. The maximum atomic E-state index is 11.3. The minimum atomic E-state index is -2.98. The van der Waals surface area contributed by atoms with E-state index in [9.17, 15) is 8.42 Å². The molecule has 0 aromatic carbocycles. The lowest BCUT2D eigenvalue weighted by Gasteiger charge is -2.04. The van der Waals surface area contributed by atoms with Gasteiger partial charge >= 0.3 is 0 Å². The largest absolute Gasteiger partial charge is 0.385 e. The number of alkyl halides is 1. The van der Waals surface area contributed by atoms with E-state index in [2.05, 4.69) is 0 Å². The summed E-state index contributed by atoms with van der Waals surface area (Å²) >= 11 is 5.36. The topological polar surface area (TPSA) is 52.6 Å². The molecule has 86 valence electrons. The Kier molecular flexibility index (Phi) is 8.56. The normalized spacial score (nSPS) is 11.9. The van der Waals surface area contributed by atoms with Crippen molar-refractivity contribution in [1.29, 1.82) is 0 Å². The minimum Gasteiger partial charge on any atom is -0.385 e. The van der Waals surface area contributed by atoms with Crippen molar-refractivity contribution < 1.29 is 17.9 Å². The van der Waals surface area contributed by atoms with Crippen molar-refractivity contribution >= 4 is 21.4 Å². The molecule has 0 aliphatic heterocycles. The molecule has 4 nitrogen and oxygen atoms in total. The summed E-state index contributed by atoms with van der Waals surface area (Å²) in [5.74, 6) is 0.613. The first-order valence-electron chi connectivity index (χ1n) is 4.45. The van der Waals surface area contributed by atoms with Crippen molar-refractivity contribution in [3.63, 3.8) is 0 Å². The zero-order valence-electron chi connectivity index (χ0n) is 8.37. The van der Waals surface area contributed by atoms with E-state index in [1.807, 2.05) is 0 Å². The molecule has 0 saturated carbocycles. The first-order valence-corrected chi connectivity index (χ1v) is 6.81. The lowest BCUT2D eigenvalue weighted by molar-refractivity contribution is 0.165. The highest BCUT2D eigenvalue weighted by atomic mass is 35.5. The summed E-state index contributed by atoms with van der Waals surface area (Å²) in [4.78, 5) is 0. The lowest BCUT2D eigenvalue weighted by atomic mass is 10.5. The number of hydrogen-bond acceptors (Lipinski definition) is 4. The van der Waals surface area contributed by atoms with Crippen LogP contribution in [-0.4, -0.2) is 52.7 Å². The predicted molar refractivity (Wildman–Crippen MR) is 56.7 cm³/mol. The van der Waals surface area contributed by atoms with Gasteiger partial charge in [-0.15, -0.1) is 11.6 Å². The van der Waals surface area contributed by atoms with Crippen molar-refractivity contribution in [2.45, 2.75) is 6.42 Å². The smallest absolute Gasteiger partial charge is 0.152 e. The van der Waals surface area contributed by atoms with E-state index in [-0.39, 0.29) is 18.1 Å². The summed E-state index contributed by atoms with van der Waals surface area (Å²) in [6.45, 7) is 1.10. The zero-order valence-corrected chi connectivity index (χ0v) is 9.94. The van der Waals surface area contributed by atoms with Gasteiger partial charge in [0.15, 0.2) is 9.84 Å². The fraction of sp³-hybridized carbons (Fsp3) is 1.00. The molecule has 0 atom stereocenters. The van der Waals surface area contributed by atoms with Gasteiger partial charge in [0.2, 0.25) is 0 Å². The van der Waals surface area contributed by atoms with Crippen molar-refractivity contribution in [3.8, 4) is 0 Å². The van der Waals surface area contributed by atoms with Crippen LogP contribution in [0.25, 0.3) is 0 Å². The molecular formula is C8H17ClO4S. The quantitative estimate of drug-likeness (QED) is 0.443. The number of methoxy groups -OCH3 is 1. The van der Waals surface area contributed by atoms with E-state index < -0.39 is 9.84 Å². The van der Waals surface area contributed by atoms with Gasteiger partial charge in [-0.05, 0) is 6.42 Å². The number of halogens is 1. The molecule has 0 unspecified atom stereocenters. The molecule has 0 aromatic heterocycles. The van der Waals surface area contributed by atoms with Crippen LogP contribution in [0, 0.1) is 0 Å². The van der Waals surface area contributed by atoms with Gasteiger partial charge in [-0.3, -0.25) is 0 Å². The van der Waals surface area contributed by atoms with Crippen LogP contribution in [0.5, 0.6) is 0 Å². The third-order valence-electron chi connectivity index (χ3n) is 1.56. The van der Waals surface area contributed by atoms with Crippen LogP contribution >= 0.6 is 11.6 Å². The standard InChI is InChI=1S/C8H17ClO4S/c1-12-4-2-7-14(10,11)8-6-13-5-3-9/h2-8H2,1H3. The summed E-state index contributed by atoms with van der Waals surface area (Å²) in [6, 6.07) is 0. The summed E-state index contributed by atoms with van der Waals surface area (Å²) in [7, 11) is -1.43. The SMILES string of the molecule is COCCCS(=O)(=O)CCOCCCl. The van der Waals surface area contributed by atoms with Gasteiger partial charge in [-0.25, -0.2) is 8.42 Å². The maximum Gasteiger partial charge on any atom is 0.152 e. The maximum absolute atomic E-state index is 11.3. The lowest BCUT2D eigenvalue weighted by Crippen LogP contribution is -2.17. The van der Waals surface area contributed by atoms with Crippen LogP contribution in [-0.2, 0) is 19.3 Å². The van der Waals surface area contributed by atoms with Crippen molar-refractivity contribution in [2.24, 2.45) is 0 Å². The van der Waals surface area contributed by atoms with Gasteiger partial charge in [0.25, 0.3) is 0 Å². The van der Waals surface area contributed by atoms with Crippen LogP contribution < -0.4 is 0 Å². The van der Waals surface area contributed by atoms with Gasteiger partial charge in [0.1, 0.15) is 0 Å². The Labute approximate surface area is 90.4 Å². The van der Waals surface area contributed by atoms with E-state index in [4.69, 9.17) is 21.1 Å². The Bertz CT molecular complexity index is 215. The van der Waals surface area contributed by atoms with E-state index in [0.29, 0.717) is 25.5 Å². The highest BCUT2D eigenvalue weighted by Crippen LogP contribution is 1.95. The summed E-state index contributed by atoms with van der Waals surface area (Å²) in [6.07, 6.45) is 0.536. The predicted octanol–water partition coefficient (Wildman–Crippen LogP) is 0.693. The second-order valence-electron chi connectivity index (χ2n) is 2.80. The van der Waals surface area contributed by atoms with Gasteiger partial charge in [0.05, 0.1) is 24.7 Å². The average molecular weight is 245 g/mol. The van der Waals surface area contributed by atoms with Crippen LogP contribution in [0.15, 0.2) is 0 Å². The Morgan fingerprint density at radius 1 is 1.14 bits per heavy atom. The number of rotatable bonds is 9. The van der Waals surface area contributed by atoms with Gasteiger partial charge in [-0.2, -0.15) is 0 Å². The molecule has 0 spiro atoms. The van der Waals surface area contributed by atoms with Crippen LogP contribution in [0.4, 0.5) is 0 Å². The minimum absolute atomic E-state index is 0.0631. The molecule has 0 amide bonds. The summed E-state index contributed by atoms with van der Waals surface area (Å²) in [5.41, 5.74) is 0. The monoisotopic (exact) mass is 244 g/mol. The van der Waals surface area contributed by atoms with E-state index in [0.717, 1.165) is 0 Å². The third-order valence-corrected chi connectivity index (χ3v) is 3.42. The van der Waals surface area contributed by atoms with Crippen LogP contribution in [0.2, 0.25) is 0 Å². The number of hydrogen-bond donors (Lipinski definition) is 0. The molecule has 0 bridgehead atoms. The molecule has 0 aliphatic rings. The van der Waals surface area contributed by atoms with Crippen molar-refractivity contribution in [3.05, 3.63) is 0 Å². The van der Waals surface area contributed by atoms with Crippen molar-refractivity contribution in [2.75, 3.05) is 44.3 Å². The fourth-order valence-corrected chi connectivity index (χ4v) is 2.11. The summed E-state index contributed by atoms with van der Waals surface area (Å²) in [5, 5.41) is 0. The Morgan fingerprint density at radius 2 is 1.86 bits per heavy atom. The third kappa shape index (κ3) is 8.74. The van der Waals surface area contributed by atoms with Crippen LogP contribution in [0.1, 0.15) is 6.42 Å². The van der Waals surface area contributed by atoms with Gasteiger partial charge in [0, 0.05) is 19.6 Å². The Hall–Kier alpha value is 0.160. The van der Waals surface area contributed by atoms with Crippen LogP contribution in [0.3, 0.4) is 0 Å². The number of sulfone groups is 1. The first kappa shape index (κ1) is 14.2. The molecular weight excluding hydrogens is 228 g/mol. The Balaban J connectivity index is 3.52. The van der Waals surface area contributed by atoms with E-state index in [1.165, 1.54) is 0 Å². The van der Waals surface area contributed by atoms with E-state index >= 15 is 0 Å². The molecule has 0 aliphatic carbocycles. The van der Waals surface area contributed by atoms with Gasteiger partial charge in [-0.1, -0.05) is 0 Å². The molecule has 0 aromatic rings. The molecule has 0 fully saturated rings. The summed E-state index contributed by atoms with van der Waals surface area (Å²) < 4.78 is 32.3. The number of ether oxygens (including phenoxy) is 2. The van der Waals surface area contributed by atoms with Gasteiger partial charge < -0.3 is 9.47 Å². The fourth-order valence-electron chi connectivity index (χ4n) is 0.868. The molecule has 0 N–H and O–H groups in total. The first-order chi connectivity index (χ1) is 6.62. The zero-order chi connectivity index (χ0) is 10.9. The molecule has 0 heterocycles. The highest BCUT2D eigenvalue weighted by molar-refractivity contribution is 7.91. The van der Waals surface area contributed by atoms with E-state index in [1.54, 1.807) is 7.11 Å². The van der Waals surface area contributed by atoms with Crippen molar-refractivity contribution in [1.82, 2.24) is 0 Å². The molecule has 0 radical (unpaired) electrons. The second kappa shape index (κ2) is 8.47. The molecule has 0 saturated heterocycles. The molecule has 0 rings (SSSR count). The second-order valence-corrected chi connectivity index (χ2v) is 5.48. The molecule has 6 heteroatoms. The average Bonchev–Trinajstić information content (AvgIpc) is 2.13.